The molecular weight excluding hydrogens is 391 g/mol. The molecule has 0 N–H and O–H groups in total. The van der Waals surface area contributed by atoms with Crippen molar-refractivity contribution in [3.63, 3.8) is 0 Å². The van der Waals surface area contributed by atoms with Gasteiger partial charge in [0.05, 0.1) is 0 Å². The third kappa shape index (κ3) is 5.20. The summed E-state index contributed by atoms with van der Waals surface area (Å²) >= 11 is 0. The lowest BCUT2D eigenvalue weighted by Gasteiger charge is -2.19. The molecule has 0 aliphatic heterocycles. The van der Waals surface area contributed by atoms with Gasteiger partial charge < -0.3 is 13.6 Å². The molecule has 0 saturated carbocycles. The number of rotatable bonds is 7. The lowest BCUT2D eigenvalue weighted by atomic mass is 10.1. The Labute approximate surface area is 178 Å². The molecule has 0 saturated heterocycles. The lowest BCUT2D eigenvalue weighted by molar-refractivity contribution is 0.388. The zero-order valence-electron chi connectivity index (χ0n) is 17.0. The van der Waals surface area contributed by atoms with E-state index in [1.807, 2.05) is 105 Å². The average Bonchev–Trinajstić information content (AvgIpc) is 2.78. The number of aryl methyl sites for hydroxylation is 2. The highest BCUT2D eigenvalue weighted by Crippen LogP contribution is 2.45. The number of hydrogen-bond acceptors (Lipinski definition) is 3. The second-order valence-electron chi connectivity index (χ2n) is 6.99. The SMILES string of the molecule is Cc1ccc(OP(Oc2ccc(C)cc2)Oc2ccccc2-c2ccccc2)cc1. The molecule has 4 heteroatoms. The Bertz CT molecular complexity index is 1030. The van der Waals surface area contributed by atoms with Crippen LogP contribution in [0, 0.1) is 13.8 Å². The van der Waals surface area contributed by atoms with Crippen LogP contribution in [-0.2, 0) is 0 Å². The molecule has 0 atom stereocenters. The van der Waals surface area contributed by atoms with Gasteiger partial charge in [0.15, 0.2) is 0 Å². The molecule has 0 heterocycles. The molecule has 0 aromatic heterocycles. The Balaban J connectivity index is 1.62. The van der Waals surface area contributed by atoms with Crippen LogP contribution in [-0.4, -0.2) is 0 Å². The van der Waals surface area contributed by atoms with E-state index >= 15 is 0 Å². The summed E-state index contributed by atoms with van der Waals surface area (Å²) < 4.78 is 18.5. The van der Waals surface area contributed by atoms with Gasteiger partial charge in [-0.05, 0) is 49.7 Å². The van der Waals surface area contributed by atoms with Crippen LogP contribution in [0.1, 0.15) is 11.1 Å². The van der Waals surface area contributed by atoms with Crippen LogP contribution < -0.4 is 13.6 Å². The largest absolute Gasteiger partial charge is 0.530 e. The van der Waals surface area contributed by atoms with Crippen molar-refractivity contribution >= 4 is 8.60 Å². The third-order valence-electron chi connectivity index (χ3n) is 4.55. The van der Waals surface area contributed by atoms with E-state index in [-0.39, 0.29) is 0 Å². The van der Waals surface area contributed by atoms with E-state index in [1.54, 1.807) is 0 Å². The van der Waals surface area contributed by atoms with Crippen molar-refractivity contribution in [2.45, 2.75) is 13.8 Å². The summed E-state index contributed by atoms with van der Waals surface area (Å²) in [5, 5.41) is 0. The maximum Gasteiger partial charge on any atom is 0.530 e. The Morgan fingerprint density at radius 1 is 0.500 bits per heavy atom. The smallest absolute Gasteiger partial charge is 0.409 e. The summed E-state index contributed by atoms with van der Waals surface area (Å²) in [6, 6.07) is 33.8. The number of benzene rings is 4. The molecule has 3 nitrogen and oxygen atoms in total. The summed E-state index contributed by atoms with van der Waals surface area (Å²) in [6.45, 7) is 4.09. The molecule has 0 amide bonds. The summed E-state index contributed by atoms with van der Waals surface area (Å²) in [5.74, 6) is 2.13. The van der Waals surface area contributed by atoms with E-state index in [0.717, 1.165) is 11.1 Å². The fourth-order valence-electron chi connectivity index (χ4n) is 2.91. The van der Waals surface area contributed by atoms with Gasteiger partial charge in [-0.2, -0.15) is 0 Å². The van der Waals surface area contributed by atoms with Crippen molar-refractivity contribution in [3.05, 3.63) is 114 Å². The minimum Gasteiger partial charge on any atom is -0.409 e. The van der Waals surface area contributed by atoms with Gasteiger partial charge in [0.2, 0.25) is 0 Å². The van der Waals surface area contributed by atoms with Crippen molar-refractivity contribution in [3.8, 4) is 28.4 Å². The lowest BCUT2D eigenvalue weighted by Crippen LogP contribution is -2.03. The maximum atomic E-state index is 6.29. The molecule has 4 aromatic carbocycles. The van der Waals surface area contributed by atoms with E-state index in [2.05, 4.69) is 12.1 Å². The highest BCUT2D eigenvalue weighted by atomic mass is 31.2. The minimum absolute atomic E-state index is 0.705. The average molecular weight is 414 g/mol. The monoisotopic (exact) mass is 414 g/mol. The van der Waals surface area contributed by atoms with Crippen molar-refractivity contribution in [1.29, 1.82) is 0 Å². The standard InChI is InChI=1S/C26H23O3P/c1-20-12-16-23(17-13-20)27-30(28-24-18-14-21(2)15-19-24)29-26-11-7-6-10-25(26)22-8-4-3-5-9-22/h3-19H,1-2H3. The van der Waals surface area contributed by atoms with E-state index in [9.17, 15) is 0 Å². The molecule has 0 fully saturated rings. The third-order valence-corrected chi connectivity index (χ3v) is 5.61. The fourth-order valence-corrected chi connectivity index (χ4v) is 3.93. The van der Waals surface area contributed by atoms with Crippen LogP contribution in [0.25, 0.3) is 11.1 Å². The molecule has 0 spiro atoms. The van der Waals surface area contributed by atoms with Gasteiger partial charge in [-0.3, -0.25) is 0 Å². The second kappa shape index (κ2) is 9.47. The van der Waals surface area contributed by atoms with Crippen LogP contribution in [0.4, 0.5) is 0 Å². The summed E-state index contributed by atoms with van der Waals surface area (Å²) in [5.41, 5.74) is 4.40. The molecule has 4 rings (SSSR count). The maximum absolute atomic E-state index is 6.29. The molecule has 0 radical (unpaired) electrons. The van der Waals surface area contributed by atoms with Crippen molar-refractivity contribution in [2.75, 3.05) is 0 Å². The van der Waals surface area contributed by atoms with E-state index in [4.69, 9.17) is 13.6 Å². The molecule has 30 heavy (non-hydrogen) atoms. The summed E-state index contributed by atoms with van der Waals surface area (Å²) in [6.07, 6.45) is 0. The van der Waals surface area contributed by atoms with Gasteiger partial charge >= 0.3 is 8.60 Å². The first-order chi connectivity index (χ1) is 14.7. The van der Waals surface area contributed by atoms with Crippen LogP contribution in [0.3, 0.4) is 0 Å². The molecule has 0 unspecified atom stereocenters. The normalized spacial score (nSPS) is 10.6. The van der Waals surface area contributed by atoms with Gasteiger partial charge in [0.25, 0.3) is 0 Å². The van der Waals surface area contributed by atoms with E-state index < -0.39 is 8.60 Å². The summed E-state index contributed by atoms with van der Waals surface area (Å²) in [4.78, 5) is 0. The first-order valence-corrected chi connectivity index (χ1v) is 10.9. The second-order valence-corrected chi connectivity index (χ2v) is 7.98. The zero-order valence-corrected chi connectivity index (χ0v) is 17.9. The molecule has 0 aliphatic rings. The predicted molar refractivity (Wildman–Crippen MR) is 123 cm³/mol. The Morgan fingerprint density at radius 3 is 1.57 bits per heavy atom. The highest BCUT2D eigenvalue weighted by Gasteiger charge is 2.21. The van der Waals surface area contributed by atoms with E-state index in [0.29, 0.717) is 17.2 Å². The first kappa shape index (κ1) is 20.0. The van der Waals surface area contributed by atoms with Crippen LogP contribution in [0.15, 0.2) is 103 Å². The highest BCUT2D eigenvalue weighted by molar-refractivity contribution is 7.43. The quantitative estimate of drug-likeness (QED) is 0.290. The molecular formula is C26H23O3P. The Kier molecular flexibility index (Phi) is 6.32. The fraction of sp³-hybridized carbons (Fsp3) is 0.0769. The molecule has 0 aliphatic carbocycles. The van der Waals surface area contributed by atoms with Crippen molar-refractivity contribution in [2.24, 2.45) is 0 Å². The minimum atomic E-state index is -1.72. The van der Waals surface area contributed by atoms with Crippen LogP contribution in [0.5, 0.6) is 17.2 Å². The van der Waals surface area contributed by atoms with Gasteiger partial charge in [-0.1, -0.05) is 83.9 Å². The van der Waals surface area contributed by atoms with Gasteiger partial charge in [-0.25, -0.2) is 0 Å². The predicted octanol–water partition coefficient (Wildman–Crippen LogP) is 7.73. The molecule has 4 aromatic rings. The van der Waals surface area contributed by atoms with Crippen LogP contribution >= 0.6 is 8.60 Å². The Hall–Kier alpha value is -3.29. The molecule has 150 valence electrons. The zero-order chi connectivity index (χ0) is 20.8. The number of para-hydroxylation sites is 1. The van der Waals surface area contributed by atoms with Crippen molar-refractivity contribution < 1.29 is 13.6 Å². The van der Waals surface area contributed by atoms with Gasteiger partial charge in [0, 0.05) is 5.56 Å². The van der Waals surface area contributed by atoms with E-state index in [1.165, 1.54) is 11.1 Å². The number of hydrogen-bond donors (Lipinski definition) is 0. The Morgan fingerprint density at radius 2 is 1.00 bits per heavy atom. The van der Waals surface area contributed by atoms with Crippen molar-refractivity contribution in [1.82, 2.24) is 0 Å². The summed E-state index contributed by atoms with van der Waals surface area (Å²) in [7, 11) is -1.72. The van der Waals surface area contributed by atoms with Gasteiger partial charge in [-0.15, -0.1) is 0 Å². The topological polar surface area (TPSA) is 27.7 Å². The first-order valence-electron chi connectivity index (χ1n) is 9.79. The van der Waals surface area contributed by atoms with Crippen LogP contribution in [0.2, 0.25) is 0 Å². The van der Waals surface area contributed by atoms with Gasteiger partial charge in [0.1, 0.15) is 17.2 Å². The molecule has 0 bridgehead atoms.